The van der Waals surface area contributed by atoms with Crippen LogP contribution in [0.1, 0.15) is 5.56 Å². The van der Waals surface area contributed by atoms with Crippen LogP contribution in [0.4, 0.5) is 5.69 Å². The number of nitrogens with zero attached hydrogens (tertiary/aromatic N) is 3. The van der Waals surface area contributed by atoms with Crippen molar-refractivity contribution in [2.24, 2.45) is 0 Å². The molecule has 29 heavy (non-hydrogen) atoms. The summed E-state index contributed by atoms with van der Waals surface area (Å²) >= 11 is 11.9. The topological polar surface area (TPSA) is 84.3 Å². The molecule has 0 saturated heterocycles. The van der Waals surface area contributed by atoms with Gasteiger partial charge in [0.2, 0.25) is 15.9 Å². The molecule has 0 aliphatic heterocycles. The van der Waals surface area contributed by atoms with Crippen LogP contribution in [0, 0.1) is 0 Å². The van der Waals surface area contributed by atoms with E-state index in [2.05, 4.69) is 10.3 Å². The maximum Gasteiger partial charge on any atom is 0.241 e. The number of hydrogen-bond acceptors (Lipinski definition) is 4. The first-order valence-corrected chi connectivity index (χ1v) is 11.1. The number of benzene rings is 2. The van der Waals surface area contributed by atoms with Crippen LogP contribution in [0.2, 0.25) is 10.0 Å². The molecular formula is C19H18Cl2N4O3S. The highest BCUT2D eigenvalue weighted by atomic mass is 35.5. The monoisotopic (exact) mass is 452 g/mol. The molecule has 2 aromatic carbocycles. The molecule has 1 heterocycles. The Hall–Kier alpha value is -2.55. The highest BCUT2D eigenvalue weighted by molar-refractivity contribution is 7.92. The Labute approximate surface area is 178 Å². The largest absolute Gasteiger partial charge is 0.350 e. The SMILES string of the molecule is CS(=O)(=O)N(CC(=O)NCc1ccc(-n2ccnc2)cc1)c1ccc(Cl)c(Cl)c1. The number of hydrogen-bond donors (Lipinski definition) is 1. The number of rotatable bonds is 7. The molecule has 1 amide bonds. The third kappa shape index (κ3) is 5.50. The maximum atomic E-state index is 12.4. The molecule has 152 valence electrons. The molecule has 0 saturated carbocycles. The van der Waals surface area contributed by atoms with Crippen molar-refractivity contribution < 1.29 is 13.2 Å². The van der Waals surface area contributed by atoms with Crippen LogP contribution >= 0.6 is 23.2 Å². The van der Waals surface area contributed by atoms with E-state index in [1.165, 1.54) is 18.2 Å². The number of imidazole rings is 1. The van der Waals surface area contributed by atoms with Gasteiger partial charge < -0.3 is 9.88 Å². The van der Waals surface area contributed by atoms with Gasteiger partial charge in [-0.2, -0.15) is 0 Å². The van der Waals surface area contributed by atoms with E-state index in [4.69, 9.17) is 23.2 Å². The number of sulfonamides is 1. The molecule has 3 aromatic rings. The summed E-state index contributed by atoms with van der Waals surface area (Å²) in [5, 5.41) is 3.23. The second-order valence-corrected chi connectivity index (χ2v) is 9.00. The lowest BCUT2D eigenvalue weighted by atomic mass is 10.2. The zero-order valence-corrected chi connectivity index (χ0v) is 17.7. The predicted octanol–water partition coefficient (Wildman–Crippen LogP) is 3.26. The van der Waals surface area contributed by atoms with Gasteiger partial charge in [0.05, 0.1) is 28.3 Å². The third-order valence-electron chi connectivity index (χ3n) is 4.11. The second-order valence-electron chi connectivity index (χ2n) is 6.28. The van der Waals surface area contributed by atoms with E-state index in [1.807, 2.05) is 35.0 Å². The van der Waals surface area contributed by atoms with Crippen molar-refractivity contribution in [3.05, 3.63) is 76.8 Å². The number of anilines is 1. The second kappa shape index (κ2) is 8.86. The number of carbonyl (C=O) groups is 1. The molecule has 0 fully saturated rings. The third-order valence-corrected chi connectivity index (χ3v) is 5.99. The van der Waals surface area contributed by atoms with Gasteiger partial charge >= 0.3 is 0 Å². The lowest BCUT2D eigenvalue weighted by molar-refractivity contribution is -0.119. The van der Waals surface area contributed by atoms with Crippen molar-refractivity contribution in [1.82, 2.24) is 14.9 Å². The Kier molecular flexibility index (Phi) is 6.46. The van der Waals surface area contributed by atoms with Gasteiger partial charge in [-0.25, -0.2) is 13.4 Å². The van der Waals surface area contributed by atoms with E-state index >= 15 is 0 Å². The van der Waals surface area contributed by atoms with Gasteiger partial charge in [-0.1, -0.05) is 35.3 Å². The molecule has 0 aliphatic rings. The molecule has 0 atom stereocenters. The van der Waals surface area contributed by atoms with Gasteiger partial charge in [-0.3, -0.25) is 9.10 Å². The zero-order valence-electron chi connectivity index (χ0n) is 15.4. The summed E-state index contributed by atoms with van der Waals surface area (Å²) < 4.78 is 27.1. The van der Waals surface area contributed by atoms with Crippen LogP contribution in [-0.2, 0) is 21.4 Å². The van der Waals surface area contributed by atoms with Crippen molar-refractivity contribution in [1.29, 1.82) is 0 Å². The van der Waals surface area contributed by atoms with Crippen LogP contribution in [-0.4, -0.2) is 36.7 Å². The van der Waals surface area contributed by atoms with Gasteiger partial charge in [0.25, 0.3) is 0 Å². The molecule has 1 N–H and O–H groups in total. The molecule has 0 unspecified atom stereocenters. The van der Waals surface area contributed by atoms with Gasteiger partial charge in [0.1, 0.15) is 6.54 Å². The van der Waals surface area contributed by atoms with E-state index < -0.39 is 15.9 Å². The minimum Gasteiger partial charge on any atom is -0.350 e. The molecule has 0 spiro atoms. The smallest absolute Gasteiger partial charge is 0.241 e. The first-order chi connectivity index (χ1) is 13.7. The average molecular weight is 453 g/mol. The summed E-state index contributed by atoms with van der Waals surface area (Å²) in [7, 11) is -3.69. The normalized spacial score (nSPS) is 11.3. The summed E-state index contributed by atoms with van der Waals surface area (Å²) in [5.74, 6) is -0.444. The van der Waals surface area contributed by atoms with Crippen LogP contribution in [0.25, 0.3) is 5.69 Å². The average Bonchev–Trinajstić information content (AvgIpc) is 3.21. The predicted molar refractivity (Wildman–Crippen MR) is 114 cm³/mol. The summed E-state index contributed by atoms with van der Waals surface area (Å²) in [5.41, 5.74) is 2.09. The van der Waals surface area contributed by atoms with Crippen LogP contribution < -0.4 is 9.62 Å². The summed E-state index contributed by atoms with van der Waals surface area (Å²) in [6.07, 6.45) is 6.24. The number of halogens is 2. The van der Waals surface area contributed by atoms with E-state index in [1.54, 1.807) is 12.5 Å². The Morgan fingerprint density at radius 3 is 2.45 bits per heavy atom. The quantitative estimate of drug-likeness (QED) is 0.595. The molecular weight excluding hydrogens is 435 g/mol. The molecule has 0 aliphatic carbocycles. The molecule has 7 nitrogen and oxygen atoms in total. The van der Waals surface area contributed by atoms with Crippen molar-refractivity contribution in [3.63, 3.8) is 0 Å². The van der Waals surface area contributed by atoms with Crippen molar-refractivity contribution in [2.45, 2.75) is 6.54 Å². The van der Waals surface area contributed by atoms with Gasteiger partial charge in [-0.15, -0.1) is 0 Å². The van der Waals surface area contributed by atoms with E-state index in [0.717, 1.165) is 21.8 Å². The van der Waals surface area contributed by atoms with Gasteiger partial charge in [-0.05, 0) is 35.9 Å². The number of amides is 1. The standard InChI is InChI=1S/C19H18Cl2N4O3S/c1-29(27,28)25(16-6-7-17(20)18(21)10-16)12-19(26)23-11-14-2-4-15(5-3-14)24-9-8-22-13-24/h2-10,13H,11-12H2,1H3,(H,23,26). The van der Waals surface area contributed by atoms with Crippen molar-refractivity contribution >= 4 is 44.8 Å². The summed E-state index contributed by atoms with van der Waals surface area (Å²) in [6.45, 7) is -0.105. The number of nitrogens with one attached hydrogen (secondary N) is 1. The first-order valence-electron chi connectivity index (χ1n) is 8.51. The zero-order chi connectivity index (χ0) is 21.0. The van der Waals surface area contributed by atoms with E-state index in [-0.39, 0.29) is 23.8 Å². The van der Waals surface area contributed by atoms with Gasteiger partial charge in [0, 0.05) is 24.6 Å². The first kappa shape index (κ1) is 21.2. The lowest BCUT2D eigenvalue weighted by Crippen LogP contribution is -2.40. The maximum absolute atomic E-state index is 12.4. The van der Waals surface area contributed by atoms with Crippen LogP contribution in [0.5, 0.6) is 0 Å². The number of carbonyl (C=O) groups excluding carboxylic acids is 1. The minimum absolute atomic E-state index is 0.205. The number of aromatic nitrogens is 2. The van der Waals surface area contributed by atoms with E-state index in [9.17, 15) is 13.2 Å². The van der Waals surface area contributed by atoms with Crippen LogP contribution in [0.15, 0.2) is 61.2 Å². The highest BCUT2D eigenvalue weighted by Gasteiger charge is 2.21. The fraction of sp³-hybridized carbons (Fsp3) is 0.158. The Morgan fingerprint density at radius 2 is 1.86 bits per heavy atom. The molecule has 1 aromatic heterocycles. The minimum atomic E-state index is -3.69. The lowest BCUT2D eigenvalue weighted by Gasteiger charge is -2.22. The van der Waals surface area contributed by atoms with Crippen molar-refractivity contribution in [3.8, 4) is 5.69 Å². The van der Waals surface area contributed by atoms with Crippen LogP contribution in [0.3, 0.4) is 0 Å². The van der Waals surface area contributed by atoms with E-state index in [0.29, 0.717) is 5.02 Å². The van der Waals surface area contributed by atoms with Crippen molar-refractivity contribution in [2.75, 3.05) is 17.1 Å². The molecule has 3 rings (SSSR count). The molecule has 0 bridgehead atoms. The summed E-state index contributed by atoms with van der Waals surface area (Å²) in [6, 6.07) is 12.0. The molecule has 10 heteroatoms. The fourth-order valence-electron chi connectivity index (χ4n) is 2.62. The summed E-state index contributed by atoms with van der Waals surface area (Å²) in [4.78, 5) is 16.4. The molecule has 0 radical (unpaired) electrons. The Bertz CT molecular complexity index is 1100. The Morgan fingerprint density at radius 1 is 1.14 bits per heavy atom. The fourth-order valence-corrected chi connectivity index (χ4v) is 3.77. The Balaban J connectivity index is 1.65. The van der Waals surface area contributed by atoms with Gasteiger partial charge in [0.15, 0.2) is 0 Å². The highest BCUT2D eigenvalue weighted by Crippen LogP contribution is 2.28.